The van der Waals surface area contributed by atoms with Gasteiger partial charge in [0.1, 0.15) is 23.3 Å². The number of hydrogen-bond donors (Lipinski definition) is 2. The minimum Gasteiger partial charge on any atom is -0.477 e. The fourth-order valence-corrected chi connectivity index (χ4v) is 7.07. The summed E-state index contributed by atoms with van der Waals surface area (Å²) in [5.74, 6) is -2.52. The van der Waals surface area contributed by atoms with E-state index < -0.39 is 11.9 Å². The monoisotopic (exact) mass is 845 g/mol. The highest BCUT2D eigenvalue weighted by atomic mass is 16.4. The van der Waals surface area contributed by atoms with Gasteiger partial charge in [0.15, 0.2) is 0 Å². The van der Waals surface area contributed by atoms with Crippen LogP contribution in [-0.2, 0) is 9.59 Å². The van der Waals surface area contributed by atoms with Gasteiger partial charge in [0.05, 0.1) is 0 Å². The predicted octanol–water partition coefficient (Wildman–Crippen LogP) is 13.7. The van der Waals surface area contributed by atoms with Crippen LogP contribution in [0.5, 0.6) is 0 Å². The molecule has 7 rings (SSSR count). The van der Waals surface area contributed by atoms with E-state index in [1.54, 1.807) is 36.4 Å². The average molecular weight is 846 g/mol. The topological polar surface area (TPSA) is 125 Å². The SMILES string of the molecule is Cc1ccc(/C(=C\c2ccc(N(c3ccc(/C=C/c4ccc(/C=C(\C#N)C(=O)O)cc4)cc3)c3ccc(/C=C/c4ccc(/C=C(\C#N)C(=O)O)cc4)cc3)cc2)c2ccccc2)cc1C. The van der Waals surface area contributed by atoms with Crippen LogP contribution in [0.1, 0.15) is 61.2 Å². The Kier molecular flexibility index (Phi) is 14.0. The molecule has 7 aromatic rings. The summed E-state index contributed by atoms with van der Waals surface area (Å²) in [4.78, 5) is 24.7. The Balaban J connectivity index is 1.18. The Morgan fingerprint density at radius 1 is 0.431 bits per heavy atom. The summed E-state index contributed by atoms with van der Waals surface area (Å²) >= 11 is 0. The third-order valence-electron chi connectivity index (χ3n) is 10.8. The summed E-state index contributed by atoms with van der Waals surface area (Å²) in [6.45, 7) is 4.27. The fourth-order valence-electron chi connectivity index (χ4n) is 7.07. The number of anilines is 3. The number of rotatable bonds is 14. The maximum Gasteiger partial charge on any atom is 0.346 e. The van der Waals surface area contributed by atoms with Gasteiger partial charge in [-0.15, -0.1) is 0 Å². The lowest BCUT2D eigenvalue weighted by molar-refractivity contribution is -0.133. The van der Waals surface area contributed by atoms with E-state index in [2.05, 4.69) is 140 Å². The first-order valence-electron chi connectivity index (χ1n) is 20.8. The van der Waals surface area contributed by atoms with Gasteiger partial charge in [-0.25, -0.2) is 9.59 Å². The third kappa shape index (κ3) is 11.5. The maximum absolute atomic E-state index is 11.2. The van der Waals surface area contributed by atoms with Gasteiger partial charge in [0, 0.05) is 17.1 Å². The second kappa shape index (κ2) is 20.7. The van der Waals surface area contributed by atoms with E-state index in [9.17, 15) is 19.8 Å². The van der Waals surface area contributed by atoms with Crippen molar-refractivity contribution >= 4 is 77.1 Å². The number of carboxylic acid groups (broad SMARTS) is 2. The molecule has 65 heavy (non-hydrogen) atoms. The molecule has 0 aromatic heterocycles. The summed E-state index contributed by atoms with van der Waals surface area (Å²) in [5.41, 5.74) is 14.4. The van der Waals surface area contributed by atoms with Crippen LogP contribution >= 0.6 is 0 Å². The fraction of sp³-hybridized carbons (Fsp3) is 0.0345. The van der Waals surface area contributed by atoms with Gasteiger partial charge < -0.3 is 15.1 Å². The zero-order valence-corrected chi connectivity index (χ0v) is 35.8. The van der Waals surface area contributed by atoms with E-state index in [0.717, 1.165) is 61.6 Å². The largest absolute Gasteiger partial charge is 0.477 e. The molecule has 7 heteroatoms. The molecule has 0 amide bonds. The first-order valence-corrected chi connectivity index (χ1v) is 20.8. The predicted molar refractivity (Wildman–Crippen MR) is 264 cm³/mol. The standard InChI is InChI=1S/C58H43N3O4/c1-40-8-27-50(34-41(40)2)56(49-6-4-3-5-7-49)37-48-25-32-55(33-26-48)61(53-28-21-44(22-29-53)11-9-42-13-17-46(18-14-42)35-51(38-59)57(62)63)54-30-23-45(24-31-54)12-10-43-15-19-47(20-16-43)36-52(39-60)58(64)65/h3-37H,1-2H3,(H,62,63)(H,64,65)/b11-9+,12-10+,51-35+,52-36+,56-37-. The van der Waals surface area contributed by atoms with E-state index in [4.69, 9.17) is 10.5 Å². The zero-order valence-electron chi connectivity index (χ0n) is 35.8. The van der Waals surface area contributed by atoms with Crippen LogP contribution < -0.4 is 4.90 Å². The Labute approximate surface area is 379 Å². The van der Waals surface area contributed by atoms with Crippen LogP contribution in [0.2, 0.25) is 0 Å². The first kappa shape index (κ1) is 44.0. The van der Waals surface area contributed by atoms with E-state index in [0.29, 0.717) is 11.1 Å². The van der Waals surface area contributed by atoms with Gasteiger partial charge >= 0.3 is 11.9 Å². The van der Waals surface area contributed by atoms with Gasteiger partial charge in [0.25, 0.3) is 0 Å². The second-order valence-corrected chi connectivity index (χ2v) is 15.3. The minimum absolute atomic E-state index is 0.320. The van der Waals surface area contributed by atoms with Crippen molar-refractivity contribution in [3.05, 3.63) is 242 Å². The highest BCUT2D eigenvalue weighted by molar-refractivity contribution is 5.97. The lowest BCUT2D eigenvalue weighted by Gasteiger charge is -2.26. The molecular weight excluding hydrogens is 803 g/mol. The lowest BCUT2D eigenvalue weighted by Crippen LogP contribution is -2.09. The van der Waals surface area contributed by atoms with Gasteiger partial charge in [-0.2, -0.15) is 10.5 Å². The number of aryl methyl sites for hydroxylation is 2. The van der Waals surface area contributed by atoms with Crippen molar-refractivity contribution in [1.29, 1.82) is 10.5 Å². The number of hydrogen-bond acceptors (Lipinski definition) is 5. The summed E-state index contributed by atoms with van der Waals surface area (Å²) in [6.07, 6.45) is 12.9. The molecule has 7 nitrogen and oxygen atoms in total. The Morgan fingerprint density at radius 2 is 0.785 bits per heavy atom. The minimum atomic E-state index is -1.26. The van der Waals surface area contributed by atoms with E-state index in [1.807, 2.05) is 54.6 Å². The van der Waals surface area contributed by atoms with Crippen LogP contribution in [0.4, 0.5) is 17.1 Å². The van der Waals surface area contributed by atoms with E-state index in [-0.39, 0.29) is 11.1 Å². The van der Waals surface area contributed by atoms with Crippen molar-refractivity contribution in [3.8, 4) is 12.1 Å². The molecule has 0 atom stereocenters. The molecular formula is C58H43N3O4. The number of nitrogens with zero attached hydrogens (tertiary/aromatic N) is 3. The molecule has 0 aliphatic heterocycles. The van der Waals surface area contributed by atoms with Crippen LogP contribution in [0.3, 0.4) is 0 Å². The molecule has 2 N–H and O–H groups in total. The Hall–Kier alpha value is -9.04. The molecule has 0 bridgehead atoms. The first-order chi connectivity index (χ1) is 31.6. The number of carboxylic acids is 2. The van der Waals surface area contributed by atoms with Crippen molar-refractivity contribution in [2.75, 3.05) is 4.90 Å². The van der Waals surface area contributed by atoms with Crippen molar-refractivity contribution < 1.29 is 19.8 Å². The van der Waals surface area contributed by atoms with E-state index in [1.165, 1.54) is 23.3 Å². The zero-order chi connectivity index (χ0) is 45.7. The van der Waals surface area contributed by atoms with Crippen LogP contribution in [0.25, 0.3) is 48.1 Å². The van der Waals surface area contributed by atoms with Crippen molar-refractivity contribution in [2.24, 2.45) is 0 Å². The van der Waals surface area contributed by atoms with Crippen LogP contribution in [-0.4, -0.2) is 22.2 Å². The van der Waals surface area contributed by atoms with Crippen LogP contribution in [0, 0.1) is 36.5 Å². The van der Waals surface area contributed by atoms with Gasteiger partial charge in [-0.1, -0.05) is 158 Å². The normalized spacial score (nSPS) is 11.9. The van der Waals surface area contributed by atoms with Crippen LogP contribution in [0.15, 0.2) is 181 Å². The smallest absolute Gasteiger partial charge is 0.346 e. The third-order valence-corrected chi connectivity index (χ3v) is 10.8. The number of aliphatic carboxylic acids is 2. The average Bonchev–Trinajstić information content (AvgIpc) is 3.33. The quantitative estimate of drug-likeness (QED) is 0.0634. The number of benzene rings is 7. The molecule has 0 aliphatic carbocycles. The molecule has 0 unspecified atom stereocenters. The molecule has 0 saturated heterocycles. The highest BCUT2D eigenvalue weighted by Gasteiger charge is 2.14. The number of nitriles is 2. The molecule has 0 aliphatic rings. The molecule has 0 spiro atoms. The van der Waals surface area contributed by atoms with Crippen molar-refractivity contribution in [2.45, 2.75) is 13.8 Å². The number of carbonyl (C=O) groups is 2. The van der Waals surface area contributed by atoms with Crippen molar-refractivity contribution in [3.63, 3.8) is 0 Å². The summed E-state index contributed by atoms with van der Waals surface area (Å²) in [7, 11) is 0. The van der Waals surface area contributed by atoms with Gasteiger partial charge in [0.2, 0.25) is 0 Å². The van der Waals surface area contributed by atoms with Gasteiger partial charge in [-0.05, 0) is 135 Å². The second-order valence-electron chi connectivity index (χ2n) is 15.3. The molecule has 0 fully saturated rings. The van der Waals surface area contributed by atoms with Gasteiger partial charge in [-0.3, -0.25) is 0 Å². The molecule has 0 heterocycles. The molecule has 0 radical (unpaired) electrons. The van der Waals surface area contributed by atoms with Crippen molar-refractivity contribution in [1.82, 2.24) is 0 Å². The Bertz CT molecular complexity index is 2930. The summed E-state index contributed by atoms with van der Waals surface area (Å²) < 4.78 is 0. The molecule has 7 aromatic carbocycles. The summed E-state index contributed by atoms with van der Waals surface area (Å²) in [5, 5.41) is 36.6. The Morgan fingerprint density at radius 3 is 1.15 bits per heavy atom. The highest BCUT2D eigenvalue weighted by Crippen LogP contribution is 2.36. The maximum atomic E-state index is 11.2. The molecule has 314 valence electrons. The lowest BCUT2D eigenvalue weighted by atomic mass is 9.93. The van der Waals surface area contributed by atoms with E-state index >= 15 is 0 Å². The molecule has 0 saturated carbocycles. The summed E-state index contributed by atoms with van der Waals surface area (Å²) in [6, 6.07) is 60.3.